The number of carbonyl (C=O) groups is 2. The zero-order valence-electron chi connectivity index (χ0n) is 30.6. The first-order valence-electron chi connectivity index (χ1n) is 18.6. The number of carbonyl (C=O) groups excluding carboxylic acids is 2. The van der Waals surface area contributed by atoms with E-state index in [0.717, 1.165) is 86.7 Å². The molecule has 0 saturated carbocycles. The van der Waals surface area contributed by atoms with Crippen molar-refractivity contribution in [3.8, 4) is 0 Å². The number of rotatable bonds is 10. The Morgan fingerprint density at radius 1 is 0.636 bits per heavy atom. The zero-order valence-corrected chi connectivity index (χ0v) is 32.9. The Kier molecular flexibility index (Phi) is 13.8. The Labute approximate surface area is 334 Å². The number of halogens is 2. The summed E-state index contributed by atoms with van der Waals surface area (Å²) < 4.78 is 28.2. The first kappa shape index (κ1) is 39.8. The monoisotopic (exact) mass is 797 g/mol. The fourth-order valence-corrected chi connectivity index (χ4v) is 8.23. The van der Waals surface area contributed by atoms with Crippen molar-refractivity contribution in [3.63, 3.8) is 0 Å². The van der Waals surface area contributed by atoms with Crippen LogP contribution in [0.4, 0.5) is 11.4 Å². The number of pyridine rings is 1. The molecule has 12 heteroatoms. The van der Waals surface area contributed by atoms with Crippen LogP contribution >= 0.6 is 23.2 Å². The number of amides is 2. The SMILES string of the molecule is O=C(c1ccc(N(Cc2ccc(Cl)cc2)S(=O)(=O)c2cccnc2)cc1)N1CCCCC1.O=C(c1ccc(NCc2ccc(Cl)cc2)cc1)N1CCCCC1. The van der Waals surface area contributed by atoms with Crippen LogP contribution in [0.1, 0.15) is 70.4 Å². The van der Waals surface area contributed by atoms with E-state index in [-0.39, 0.29) is 23.3 Å². The maximum Gasteiger partial charge on any atom is 0.266 e. The Hall–Kier alpha value is -4.90. The van der Waals surface area contributed by atoms with E-state index < -0.39 is 10.0 Å². The van der Waals surface area contributed by atoms with E-state index >= 15 is 0 Å². The minimum absolute atomic E-state index is 0.0179. The maximum absolute atomic E-state index is 13.5. The summed E-state index contributed by atoms with van der Waals surface area (Å²) in [5.74, 6) is 0.129. The second-order valence-corrected chi connectivity index (χ2v) is 16.4. The van der Waals surface area contributed by atoms with Gasteiger partial charge < -0.3 is 15.1 Å². The Morgan fingerprint density at radius 3 is 1.62 bits per heavy atom. The highest BCUT2D eigenvalue weighted by Gasteiger charge is 2.26. The van der Waals surface area contributed by atoms with Gasteiger partial charge in [-0.05, 0) is 135 Å². The highest BCUT2D eigenvalue weighted by molar-refractivity contribution is 7.92. The van der Waals surface area contributed by atoms with E-state index in [9.17, 15) is 18.0 Å². The van der Waals surface area contributed by atoms with Crippen molar-refractivity contribution >= 4 is 56.4 Å². The second kappa shape index (κ2) is 19.1. The van der Waals surface area contributed by atoms with Crippen LogP contribution < -0.4 is 9.62 Å². The number of likely N-dealkylation sites (tertiary alicyclic amines) is 2. The van der Waals surface area contributed by atoms with E-state index in [1.807, 2.05) is 58.3 Å². The Bertz CT molecular complexity index is 2110. The highest BCUT2D eigenvalue weighted by Crippen LogP contribution is 2.27. The van der Waals surface area contributed by atoms with Crippen LogP contribution in [-0.4, -0.2) is 61.2 Å². The van der Waals surface area contributed by atoms with E-state index in [1.54, 1.807) is 54.6 Å². The molecule has 2 fully saturated rings. The van der Waals surface area contributed by atoms with Gasteiger partial charge >= 0.3 is 0 Å². The first-order chi connectivity index (χ1) is 26.7. The van der Waals surface area contributed by atoms with Crippen molar-refractivity contribution in [1.82, 2.24) is 14.8 Å². The average molecular weight is 799 g/mol. The summed E-state index contributed by atoms with van der Waals surface area (Å²) in [4.78, 5) is 33.1. The predicted octanol–water partition coefficient (Wildman–Crippen LogP) is 9.33. The molecule has 55 heavy (non-hydrogen) atoms. The van der Waals surface area contributed by atoms with Gasteiger partial charge in [-0.3, -0.25) is 18.9 Å². The minimum atomic E-state index is -3.87. The van der Waals surface area contributed by atoms with Gasteiger partial charge in [0.15, 0.2) is 0 Å². The van der Waals surface area contributed by atoms with Crippen molar-refractivity contribution in [2.75, 3.05) is 35.8 Å². The topological polar surface area (TPSA) is 103 Å². The van der Waals surface area contributed by atoms with E-state index in [1.165, 1.54) is 34.7 Å². The van der Waals surface area contributed by atoms with Crippen LogP contribution in [-0.2, 0) is 23.1 Å². The van der Waals surface area contributed by atoms with Gasteiger partial charge in [0.1, 0.15) is 4.90 Å². The molecule has 4 aromatic carbocycles. The second-order valence-electron chi connectivity index (χ2n) is 13.6. The lowest BCUT2D eigenvalue weighted by molar-refractivity contribution is 0.0717. The third-order valence-corrected chi connectivity index (χ3v) is 12.0. The molecule has 7 rings (SSSR count). The quantitative estimate of drug-likeness (QED) is 0.151. The largest absolute Gasteiger partial charge is 0.381 e. The van der Waals surface area contributed by atoms with Gasteiger partial charge in [-0.15, -0.1) is 0 Å². The molecule has 0 atom stereocenters. The van der Waals surface area contributed by atoms with Crippen molar-refractivity contribution in [3.05, 3.63) is 154 Å². The summed E-state index contributed by atoms with van der Waals surface area (Å²) >= 11 is 11.9. The number of aromatic nitrogens is 1. The third kappa shape index (κ3) is 10.9. The lowest BCUT2D eigenvalue weighted by Crippen LogP contribution is -2.35. The van der Waals surface area contributed by atoms with Crippen LogP contribution in [0, 0.1) is 0 Å². The highest BCUT2D eigenvalue weighted by atomic mass is 35.5. The molecule has 1 N–H and O–H groups in total. The average Bonchev–Trinajstić information content (AvgIpc) is 3.24. The summed E-state index contributed by atoms with van der Waals surface area (Å²) in [5.41, 5.74) is 4.76. The molecule has 2 aliphatic rings. The van der Waals surface area contributed by atoms with Crippen molar-refractivity contribution < 1.29 is 18.0 Å². The zero-order chi connectivity index (χ0) is 38.6. The number of benzene rings is 4. The minimum Gasteiger partial charge on any atom is -0.381 e. The van der Waals surface area contributed by atoms with E-state index in [4.69, 9.17) is 23.2 Å². The molecule has 9 nitrogen and oxygen atoms in total. The Morgan fingerprint density at radius 2 is 1.13 bits per heavy atom. The molecule has 5 aromatic rings. The fourth-order valence-electron chi connectivity index (χ4n) is 6.56. The first-order valence-corrected chi connectivity index (χ1v) is 20.8. The number of nitrogens with one attached hydrogen (secondary N) is 1. The molecule has 0 radical (unpaired) electrons. The van der Waals surface area contributed by atoms with Crippen LogP contribution in [0.25, 0.3) is 0 Å². The summed E-state index contributed by atoms with van der Waals surface area (Å²) in [6, 6.07) is 32.4. The number of hydrogen-bond acceptors (Lipinski definition) is 6. The van der Waals surface area contributed by atoms with Crippen molar-refractivity contribution in [1.29, 1.82) is 0 Å². The number of piperidine rings is 2. The lowest BCUT2D eigenvalue weighted by Gasteiger charge is -2.27. The number of hydrogen-bond donors (Lipinski definition) is 1. The van der Waals surface area contributed by atoms with Gasteiger partial charge in [0.2, 0.25) is 0 Å². The van der Waals surface area contributed by atoms with Gasteiger partial charge in [-0.25, -0.2) is 8.42 Å². The van der Waals surface area contributed by atoms with Gasteiger partial charge in [0.05, 0.1) is 12.2 Å². The molecule has 1 aromatic heterocycles. The molecule has 0 unspecified atom stereocenters. The molecule has 2 amide bonds. The summed E-state index contributed by atoms with van der Waals surface area (Å²) in [7, 11) is -3.87. The molecule has 286 valence electrons. The van der Waals surface area contributed by atoms with Crippen molar-refractivity contribution in [2.24, 2.45) is 0 Å². The van der Waals surface area contributed by atoms with E-state index in [0.29, 0.717) is 16.3 Å². The molecule has 0 bridgehead atoms. The molecule has 2 saturated heterocycles. The molecular formula is C43H45Cl2N5O4S. The molecule has 2 aliphatic heterocycles. The lowest BCUT2D eigenvalue weighted by atomic mass is 10.1. The third-order valence-electron chi connectivity index (χ3n) is 9.69. The predicted molar refractivity (Wildman–Crippen MR) is 220 cm³/mol. The van der Waals surface area contributed by atoms with E-state index in [2.05, 4.69) is 10.3 Å². The molecule has 0 aliphatic carbocycles. The molecular weight excluding hydrogens is 753 g/mol. The maximum atomic E-state index is 13.5. The molecule has 0 spiro atoms. The van der Waals surface area contributed by atoms with Crippen LogP contribution in [0.15, 0.2) is 126 Å². The normalized spacial score (nSPS) is 14.4. The number of anilines is 2. The number of sulfonamides is 1. The Balaban J connectivity index is 0.000000197. The summed E-state index contributed by atoms with van der Waals surface area (Å²) in [5, 5.41) is 4.68. The van der Waals surface area contributed by atoms with Crippen LogP contribution in [0.2, 0.25) is 10.0 Å². The standard InChI is InChI=1S/C24H24ClN3O3S.C19H21ClN2O/c25-21-10-6-19(7-11-21)18-28(32(30,31)23-5-4-14-26-17-23)22-12-8-20(9-13-22)24(29)27-15-2-1-3-16-27;20-17-8-4-15(5-9-17)14-21-18-10-6-16(7-11-18)19(23)22-12-2-1-3-13-22/h4-14,17H,1-3,15-16,18H2;4-11,21H,1-3,12-14H2. The fraction of sp³-hybridized carbons (Fsp3) is 0.279. The van der Waals surface area contributed by atoms with Crippen molar-refractivity contribution in [2.45, 2.75) is 56.5 Å². The summed E-state index contributed by atoms with van der Waals surface area (Å²) in [6.45, 7) is 4.15. The molecule has 3 heterocycles. The van der Waals surface area contributed by atoms with Gasteiger partial charge in [0, 0.05) is 72.0 Å². The van der Waals surface area contributed by atoms with Crippen LogP contribution in [0.5, 0.6) is 0 Å². The smallest absolute Gasteiger partial charge is 0.266 e. The summed E-state index contributed by atoms with van der Waals surface area (Å²) in [6.07, 6.45) is 9.51. The van der Waals surface area contributed by atoms with Crippen LogP contribution in [0.3, 0.4) is 0 Å². The van der Waals surface area contributed by atoms with Gasteiger partial charge in [-0.2, -0.15) is 0 Å². The number of nitrogens with zero attached hydrogens (tertiary/aromatic N) is 4. The van der Waals surface area contributed by atoms with Gasteiger partial charge in [0.25, 0.3) is 21.8 Å². The van der Waals surface area contributed by atoms with Gasteiger partial charge in [-0.1, -0.05) is 47.5 Å².